The summed E-state index contributed by atoms with van der Waals surface area (Å²) in [4.78, 5) is 11.9. The Labute approximate surface area is 136 Å². The Morgan fingerprint density at radius 1 is 1.35 bits per heavy atom. The summed E-state index contributed by atoms with van der Waals surface area (Å²) in [6, 6.07) is 5.94. The van der Waals surface area contributed by atoms with Gasteiger partial charge in [-0.3, -0.25) is 4.79 Å². The monoisotopic (exact) mass is 342 g/mol. The molecule has 0 aliphatic heterocycles. The Bertz CT molecular complexity index is 642. The lowest BCUT2D eigenvalue weighted by Gasteiger charge is -2.26. The van der Waals surface area contributed by atoms with E-state index in [1.807, 2.05) is 0 Å². The molecule has 1 amide bonds. The fraction of sp³-hybridized carbons (Fsp3) is 0.562. The minimum Gasteiger partial charge on any atom is -0.354 e. The second kappa shape index (κ2) is 7.88. The SMILES string of the molecule is CS(=O)(=O)N(CCNC(=O)Cc1cccc(F)c1)C1CCCC1. The van der Waals surface area contributed by atoms with Gasteiger partial charge in [-0.05, 0) is 30.5 Å². The molecule has 7 heteroatoms. The molecule has 0 bridgehead atoms. The van der Waals surface area contributed by atoms with Gasteiger partial charge >= 0.3 is 0 Å². The molecule has 1 aromatic rings. The maximum atomic E-state index is 13.1. The highest BCUT2D eigenvalue weighted by Gasteiger charge is 2.28. The first-order valence-corrected chi connectivity index (χ1v) is 9.69. The molecule has 1 N–H and O–H groups in total. The summed E-state index contributed by atoms with van der Waals surface area (Å²) < 4.78 is 38.4. The van der Waals surface area contributed by atoms with Crippen LogP contribution in [-0.4, -0.2) is 44.0 Å². The Morgan fingerprint density at radius 3 is 2.65 bits per heavy atom. The zero-order chi connectivity index (χ0) is 16.9. The average Bonchev–Trinajstić information content (AvgIpc) is 2.95. The van der Waals surface area contributed by atoms with Crippen LogP contribution in [0.4, 0.5) is 4.39 Å². The van der Waals surface area contributed by atoms with Gasteiger partial charge in [-0.2, -0.15) is 4.31 Å². The van der Waals surface area contributed by atoms with Gasteiger partial charge in [0.1, 0.15) is 5.82 Å². The zero-order valence-corrected chi connectivity index (χ0v) is 14.1. The topological polar surface area (TPSA) is 66.5 Å². The highest BCUT2D eigenvalue weighted by molar-refractivity contribution is 7.88. The second-order valence-corrected chi connectivity index (χ2v) is 7.90. The van der Waals surface area contributed by atoms with Gasteiger partial charge in [-0.15, -0.1) is 0 Å². The highest BCUT2D eigenvalue weighted by atomic mass is 32.2. The van der Waals surface area contributed by atoms with Crippen molar-refractivity contribution in [1.29, 1.82) is 0 Å². The van der Waals surface area contributed by atoms with Gasteiger partial charge in [0.15, 0.2) is 0 Å². The molecule has 0 unspecified atom stereocenters. The number of benzene rings is 1. The zero-order valence-electron chi connectivity index (χ0n) is 13.3. The Morgan fingerprint density at radius 2 is 2.04 bits per heavy atom. The molecule has 1 aliphatic rings. The van der Waals surface area contributed by atoms with Gasteiger partial charge in [0.05, 0.1) is 12.7 Å². The van der Waals surface area contributed by atoms with Crippen molar-refractivity contribution >= 4 is 15.9 Å². The number of hydrogen-bond acceptors (Lipinski definition) is 3. The van der Waals surface area contributed by atoms with Crippen molar-refractivity contribution in [2.45, 2.75) is 38.1 Å². The van der Waals surface area contributed by atoms with E-state index < -0.39 is 10.0 Å². The van der Waals surface area contributed by atoms with Crippen molar-refractivity contribution in [3.8, 4) is 0 Å². The molecular formula is C16H23FN2O3S. The van der Waals surface area contributed by atoms with Crippen LogP contribution in [0.5, 0.6) is 0 Å². The van der Waals surface area contributed by atoms with E-state index >= 15 is 0 Å². The van der Waals surface area contributed by atoms with Crippen molar-refractivity contribution in [2.24, 2.45) is 0 Å². The number of nitrogens with zero attached hydrogens (tertiary/aromatic N) is 1. The molecule has 0 spiro atoms. The molecule has 0 atom stereocenters. The maximum absolute atomic E-state index is 13.1. The molecular weight excluding hydrogens is 319 g/mol. The van der Waals surface area contributed by atoms with E-state index in [0.29, 0.717) is 5.56 Å². The van der Waals surface area contributed by atoms with E-state index in [1.54, 1.807) is 12.1 Å². The van der Waals surface area contributed by atoms with Crippen molar-refractivity contribution in [3.05, 3.63) is 35.6 Å². The molecule has 23 heavy (non-hydrogen) atoms. The number of carbonyl (C=O) groups is 1. The van der Waals surface area contributed by atoms with Crippen molar-refractivity contribution in [2.75, 3.05) is 19.3 Å². The predicted octanol–water partition coefficient (Wildman–Crippen LogP) is 1.69. The van der Waals surface area contributed by atoms with E-state index in [2.05, 4.69) is 5.32 Å². The lowest BCUT2D eigenvalue weighted by Crippen LogP contribution is -2.43. The Hall–Kier alpha value is -1.47. The average molecular weight is 342 g/mol. The van der Waals surface area contributed by atoms with E-state index in [-0.39, 0.29) is 37.3 Å². The van der Waals surface area contributed by atoms with Gasteiger partial charge < -0.3 is 5.32 Å². The smallest absolute Gasteiger partial charge is 0.224 e. The van der Waals surface area contributed by atoms with Crippen LogP contribution in [-0.2, 0) is 21.2 Å². The molecule has 0 heterocycles. The molecule has 0 saturated heterocycles. The summed E-state index contributed by atoms with van der Waals surface area (Å²) in [7, 11) is -3.28. The van der Waals surface area contributed by atoms with Crippen LogP contribution in [0.15, 0.2) is 24.3 Å². The third kappa shape index (κ3) is 5.58. The summed E-state index contributed by atoms with van der Waals surface area (Å²) in [6.45, 7) is 0.538. The lowest BCUT2D eigenvalue weighted by molar-refractivity contribution is -0.120. The van der Waals surface area contributed by atoms with Crippen LogP contribution < -0.4 is 5.32 Å². The second-order valence-electron chi connectivity index (χ2n) is 5.97. The van der Waals surface area contributed by atoms with Crippen LogP contribution in [0.25, 0.3) is 0 Å². The molecule has 2 rings (SSSR count). The van der Waals surface area contributed by atoms with Crippen LogP contribution in [0.2, 0.25) is 0 Å². The van der Waals surface area contributed by atoms with E-state index in [9.17, 15) is 17.6 Å². The Kier molecular flexibility index (Phi) is 6.12. The number of halogens is 1. The molecule has 1 saturated carbocycles. The highest BCUT2D eigenvalue weighted by Crippen LogP contribution is 2.24. The maximum Gasteiger partial charge on any atom is 0.224 e. The van der Waals surface area contributed by atoms with E-state index in [1.165, 1.54) is 22.7 Å². The molecule has 1 aliphatic carbocycles. The third-order valence-electron chi connectivity index (χ3n) is 4.07. The first-order chi connectivity index (χ1) is 10.9. The number of rotatable bonds is 7. The molecule has 0 radical (unpaired) electrons. The minimum atomic E-state index is -3.28. The van der Waals surface area contributed by atoms with Gasteiger partial charge in [-0.1, -0.05) is 25.0 Å². The number of nitrogens with one attached hydrogen (secondary N) is 1. The van der Waals surface area contributed by atoms with Crippen LogP contribution in [0, 0.1) is 5.82 Å². The number of sulfonamides is 1. The minimum absolute atomic E-state index is 0.0464. The quantitative estimate of drug-likeness (QED) is 0.820. The van der Waals surface area contributed by atoms with Crippen molar-refractivity contribution < 1.29 is 17.6 Å². The molecule has 0 aromatic heterocycles. The van der Waals surface area contributed by atoms with Gasteiger partial charge in [0, 0.05) is 19.1 Å². The van der Waals surface area contributed by atoms with E-state index in [0.717, 1.165) is 25.7 Å². The first-order valence-electron chi connectivity index (χ1n) is 7.84. The summed E-state index contributed by atoms with van der Waals surface area (Å²) in [5, 5.41) is 2.71. The van der Waals surface area contributed by atoms with Crippen molar-refractivity contribution in [1.82, 2.24) is 9.62 Å². The summed E-state index contributed by atoms with van der Waals surface area (Å²) in [5.74, 6) is -0.616. The fourth-order valence-corrected chi connectivity index (χ4v) is 4.19. The van der Waals surface area contributed by atoms with Gasteiger partial charge in [-0.25, -0.2) is 12.8 Å². The largest absolute Gasteiger partial charge is 0.354 e. The Balaban J connectivity index is 1.83. The first kappa shape index (κ1) is 17.9. The van der Waals surface area contributed by atoms with Gasteiger partial charge in [0.2, 0.25) is 15.9 Å². The number of hydrogen-bond donors (Lipinski definition) is 1. The summed E-state index contributed by atoms with van der Waals surface area (Å²) in [5.41, 5.74) is 0.596. The molecule has 128 valence electrons. The van der Waals surface area contributed by atoms with Crippen molar-refractivity contribution in [3.63, 3.8) is 0 Å². The normalized spacial score (nSPS) is 16.0. The molecule has 1 aromatic carbocycles. The summed E-state index contributed by atoms with van der Waals surface area (Å²) >= 11 is 0. The van der Waals surface area contributed by atoms with Crippen LogP contribution in [0.1, 0.15) is 31.2 Å². The number of carbonyl (C=O) groups excluding carboxylic acids is 1. The molecule has 1 fully saturated rings. The van der Waals surface area contributed by atoms with Crippen LogP contribution >= 0.6 is 0 Å². The summed E-state index contributed by atoms with van der Waals surface area (Å²) in [6.07, 6.45) is 5.14. The standard InChI is InChI=1S/C16H23FN2O3S/c1-23(21,22)19(15-7-2-3-8-15)10-9-18-16(20)12-13-5-4-6-14(17)11-13/h4-6,11,15H,2-3,7-10,12H2,1H3,(H,18,20). The fourth-order valence-electron chi connectivity index (χ4n) is 3.01. The number of amides is 1. The third-order valence-corrected chi connectivity index (χ3v) is 5.40. The predicted molar refractivity (Wildman–Crippen MR) is 86.9 cm³/mol. The van der Waals surface area contributed by atoms with E-state index in [4.69, 9.17) is 0 Å². The lowest BCUT2D eigenvalue weighted by atomic mass is 10.1. The molecule has 5 nitrogen and oxygen atoms in total. The van der Waals surface area contributed by atoms with Crippen LogP contribution in [0.3, 0.4) is 0 Å². The van der Waals surface area contributed by atoms with Gasteiger partial charge in [0.25, 0.3) is 0 Å².